The summed E-state index contributed by atoms with van der Waals surface area (Å²) in [6.07, 6.45) is 3.12. The van der Waals surface area contributed by atoms with Gasteiger partial charge in [0.1, 0.15) is 0 Å². The second kappa shape index (κ2) is 4.05. The molecule has 1 amide bonds. The number of carbonyl (C=O) groups is 1. The number of nitrogens with one attached hydrogen (secondary N) is 1. The average Bonchev–Trinajstić information content (AvgIpc) is 2.62. The van der Waals surface area contributed by atoms with Crippen LogP contribution < -0.4 is 5.32 Å². The number of hydrogen-bond acceptors (Lipinski definition) is 1. The van der Waals surface area contributed by atoms with Crippen molar-refractivity contribution < 1.29 is 4.79 Å². The van der Waals surface area contributed by atoms with Crippen LogP contribution in [0.5, 0.6) is 0 Å². The maximum Gasteiger partial charge on any atom is 0.252 e. The maximum atomic E-state index is 11.7. The van der Waals surface area contributed by atoms with Crippen LogP contribution in [0.25, 0.3) is 0 Å². The number of rotatable bonds is 3. The first kappa shape index (κ1) is 10.2. The SMILES string of the molecule is CCCc1c(CC)ccc2c1C(=O)NC2. The van der Waals surface area contributed by atoms with Gasteiger partial charge in [0.25, 0.3) is 5.91 Å². The summed E-state index contributed by atoms with van der Waals surface area (Å²) in [5.41, 5.74) is 4.72. The van der Waals surface area contributed by atoms with Gasteiger partial charge in [-0.05, 0) is 29.5 Å². The van der Waals surface area contributed by atoms with E-state index in [1.54, 1.807) is 0 Å². The summed E-state index contributed by atoms with van der Waals surface area (Å²) in [5, 5.41) is 2.90. The van der Waals surface area contributed by atoms with Crippen molar-refractivity contribution in [2.24, 2.45) is 0 Å². The molecule has 2 heteroatoms. The van der Waals surface area contributed by atoms with Crippen molar-refractivity contribution in [2.75, 3.05) is 0 Å². The van der Waals surface area contributed by atoms with E-state index in [9.17, 15) is 4.79 Å². The molecule has 0 aliphatic carbocycles. The van der Waals surface area contributed by atoms with Crippen LogP contribution in [0, 0.1) is 0 Å². The van der Waals surface area contributed by atoms with Gasteiger partial charge < -0.3 is 5.32 Å². The Kier molecular flexibility index (Phi) is 2.76. The average molecular weight is 203 g/mol. The molecule has 15 heavy (non-hydrogen) atoms. The lowest BCUT2D eigenvalue weighted by Crippen LogP contribution is -2.14. The van der Waals surface area contributed by atoms with Crippen LogP contribution in [0.1, 0.15) is 47.3 Å². The molecule has 0 bridgehead atoms. The fourth-order valence-electron chi connectivity index (χ4n) is 2.30. The number of amides is 1. The third-order valence-electron chi connectivity index (χ3n) is 3.04. The van der Waals surface area contributed by atoms with Gasteiger partial charge >= 0.3 is 0 Å². The quantitative estimate of drug-likeness (QED) is 0.803. The normalized spacial score (nSPS) is 13.9. The zero-order valence-electron chi connectivity index (χ0n) is 9.39. The standard InChI is InChI=1S/C13H17NO/c1-3-5-11-9(4-2)6-7-10-8-14-13(15)12(10)11/h6-7H,3-5,8H2,1-2H3,(H,14,15). The summed E-state index contributed by atoms with van der Waals surface area (Å²) in [7, 11) is 0. The lowest BCUT2D eigenvalue weighted by atomic mass is 9.93. The Bertz CT molecular complexity index is 396. The van der Waals surface area contributed by atoms with Crippen LogP contribution in [0.2, 0.25) is 0 Å². The van der Waals surface area contributed by atoms with E-state index in [4.69, 9.17) is 0 Å². The Morgan fingerprint density at radius 2 is 2.13 bits per heavy atom. The van der Waals surface area contributed by atoms with Crippen LogP contribution in [0.4, 0.5) is 0 Å². The Morgan fingerprint density at radius 1 is 1.33 bits per heavy atom. The molecule has 1 aromatic carbocycles. The van der Waals surface area contributed by atoms with E-state index in [0.29, 0.717) is 6.54 Å². The molecule has 0 saturated carbocycles. The van der Waals surface area contributed by atoms with Gasteiger partial charge in [0.2, 0.25) is 0 Å². The van der Waals surface area contributed by atoms with E-state index in [-0.39, 0.29) is 5.91 Å². The van der Waals surface area contributed by atoms with E-state index in [2.05, 4.69) is 31.3 Å². The second-order valence-corrected chi connectivity index (χ2v) is 4.02. The minimum absolute atomic E-state index is 0.115. The monoisotopic (exact) mass is 203 g/mol. The second-order valence-electron chi connectivity index (χ2n) is 4.02. The number of benzene rings is 1. The highest BCUT2D eigenvalue weighted by molar-refractivity contribution is 6.00. The van der Waals surface area contributed by atoms with Crippen molar-refractivity contribution in [2.45, 2.75) is 39.7 Å². The molecule has 0 saturated heterocycles. The highest BCUT2D eigenvalue weighted by Gasteiger charge is 2.23. The van der Waals surface area contributed by atoms with E-state index >= 15 is 0 Å². The third-order valence-corrected chi connectivity index (χ3v) is 3.04. The van der Waals surface area contributed by atoms with E-state index < -0.39 is 0 Å². The molecule has 0 unspecified atom stereocenters. The molecule has 2 rings (SSSR count). The van der Waals surface area contributed by atoms with Crippen molar-refractivity contribution in [3.05, 3.63) is 34.4 Å². The van der Waals surface area contributed by atoms with E-state index in [1.165, 1.54) is 16.7 Å². The van der Waals surface area contributed by atoms with Gasteiger partial charge in [0.15, 0.2) is 0 Å². The molecule has 0 aromatic heterocycles. The zero-order chi connectivity index (χ0) is 10.8. The van der Waals surface area contributed by atoms with Gasteiger partial charge in [-0.25, -0.2) is 0 Å². The summed E-state index contributed by atoms with van der Waals surface area (Å²) in [4.78, 5) is 11.7. The smallest absolute Gasteiger partial charge is 0.252 e. The van der Waals surface area contributed by atoms with Crippen LogP contribution >= 0.6 is 0 Å². The van der Waals surface area contributed by atoms with Gasteiger partial charge in [-0.15, -0.1) is 0 Å². The van der Waals surface area contributed by atoms with Crippen molar-refractivity contribution in [1.82, 2.24) is 5.32 Å². The Morgan fingerprint density at radius 3 is 2.80 bits per heavy atom. The number of fused-ring (bicyclic) bond motifs is 1. The lowest BCUT2D eigenvalue weighted by Gasteiger charge is -2.10. The van der Waals surface area contributed by atoms with Crippen molar-refractivity contribution in [3.63, 3.8) is 0 Å². The predicted molar refractivity (Wildman–Crippen MR) is 61.0 cm³/mol. The van der Waals surface area contributed by atoms with Gasteiger partial charge in [-0.2, -0.15) is 0 Å². The summed E-state index contributed by atoms with van der Waals surface area (Å²) in [5.74, 6) is 0.115. The maximum absolute atomic E-state index is 11.7. The molecule has 0 atom stereocenters. The minimum atomic E-state index is 0.115. The Balaban J connectivity index is 2.55. The fraction of sp³-hybridized carbons (Fsp3) is 0.462. The fourth-order valence-corrected chi connectivity index (χ4v) is 2.30. The van der Waals surface area contributed by atoms with Crippen LogP contribution in [-0.2, 0) is 19.4 Å². The lowest BCUT2D eigenvalue weighted by molar-refractivity contribution is 0.0965. The van der Waals surface area contributed by atoms with Gasteiger partial charge in [0.05, 0.1) is 0 Å². The molecule has 0 fully saturated rings. The molecule has 1 heterocycles. The van der Waals surface area contributed by atoms with Crippen LogP contribution in [0.15, 0.2) is 12.1 Å². The Labute approximate surface area is 90.7 Å². The third kappa shape index (κ3) is 1.65. The number of carbonyl (C=O) groups excluding carboxylic acids is 1. The van der Waals surface area contributed by atoms with Gasteiger partial charge in [0, 0.05) is 12.1 Å². The molecule has 1 aliphatic rings. The van der Waals surface area contributed by atoms with E-state index in [0.717, 1.165) is 24.8 Å². The van der Waals surface area contributed by atoms with Crippen molar-refractivity contribution >= 4 is 5.91 Å². The minimum Gasteiger partial charge on any atom is -0.348 e. The molecule has 0 spiro atoms. The molecular formula is C13H17NO. The van der Waals surface area contributed by atoms with Crippen molar-refractivity contribution in [1.29, 1.82) is 0 Å². The first-order valence-corrected chi connectivity index (χ1v) is 5.69. The first-order valence-electron chi connectivity index (χ1n) is 5.69. The topological polar surface area (TPSA) is 29.1 Å². The highest BCUT2D eigenvalue weighted by Crippen LogP contribution is 2.25. The number of aryl methyl sites for hydroxylation is 1. The van der Waals surface area contributed by atoms with E-state index in [1.807, 2.05) is 0 Å². The molecule has 1 aromatic rings. The summed E-state index contributed by atoms with van der Waals surface area (Å²) in [6.45, 7) is 5.01. The largest absolute Gasteiger partial charge is 0.348 e. The zero-order valence-corrected chi connectivity index (χ0v) is 9.39. The van der Waals surface area contributed by atoms with Crippen LogP contribution in [-0.4, -0.2) is 5.91 Å². The van der Waals surface area contributed by atoms with Crippen molar-refractivity contribution in [3.8, 4) is 0 Å². The van der Waals surface area contributed by atoms with Gasteiger partial charge in [-0.3, -0.25) is 4.79 Å². The summed E-state index contributed by atoms with van der Waals surface area (Å²) < 4.78 is 0. The molecule has 0 radical (unpaired) electrons. The molecule has 1 N–H and O–H groups in total. The number of hydrogen-bond donors (Lipinski definition) is 1. The molecular weight excluding hydrogens is 186 g/mol. The first-order chi connectivity index (χ1) is 7.27. The summed E-state index contributed by atoms with van der Waals surface area (Å²) in [6, 6.07) is 4.26. The van der Waals surface area contributed by atoms with Crippen LogP contribution in [0.3, 0.4) is 0 Å². The van der Waals surface area contributed by atoms with Gasteiger partial charge in [-0.1, -0.05) is 32.4 Å². The molecule has 2 nitrogen and oxygen atoms in total. The summed E-state index contributed by atoms with van der Waals surface area (Å²) >= 11 is 0. The predicted octanol–water partition coefficient (Wildman–Crippen LogP) is 2.44. The molecule has 80 valence electrons. The Hall–Kier alpha value is -1.31. The highest BCUT2D eigenvalue weighted by atomic mass is 16.1. The molecule has 1 aliphatic heterocycles.